The van der Waals surface area contributed by atoms with Gasteiger partial charge in [-0.25, -0.2) is 4.57 Å². The molecule has 0 amide bonds. The maximum atomic E-state index is 12.1. The van der Waals surface area contributed by atoms with Gasteiger partial charge in [-0.3, -0.25) is 18.6 Å². The number of ether oxygens (including phenoxy) is 2. The minimum Gasteiger partial charge on any atom is -0.462 e. The van der Waals surface area contributed by atoms with E-state index in [1.54, 1.807) is 0 Å². The summed E-state index contributed by atoms with van der Waals surface area (Å²) in [5.74, 6) is -0.963. The Hall–Kier alpha value is -1.03. The van der Waals surface area contributed by atoms with Gasteiger partial charge in [-0.1, -0.05) is 97.3 Å². The standard InChI is InChI=1S/C27H53O10P/c1-3-5-7-8-9-10-11-12-13-14-15-16-17-19-26(30)34-22-25(37-27(31)18-6-4-2)23-36-38(32,33)35-21-24(29)20-28/h24-25,28-29H,3-23H2,1-2H3,(H,32,33)/t24-,25+/m0/s1. The van der Waals surface area contributed by atoms with Crippen LogP contribution in [0.5, 0.6) is 0 Å². The topological polar surface area (TPSA) is 149 Å². The van der Waals surface area contributed by atoms with E-state index in [2.05, 4.69) is 11.4 Å². The lowest BCUT2D eigenvalue weighted by molar-refractivity contribution is -0.161. The number of aliphatic hydroxyl groups excluding tert-OH is 2. The molecule has 10 nitrogen and oxygen atoms in total. The molecule has 38 heavy (non-hydrogen) atoms. The summed E-state index contributed by atoms with van der Waals surface area (Å²) in [6, 6.07) is 0. The van der Waals surface area contributed by atoms with Gasteiger partial charge < -0.3 is 24.6 Å². The van der Waals surface area contributed by atoms with Crippen LogP contribution >= 0.6 is 7.82 Å². The zero-order valence-electron chi connectivity index (χ0n) is 23.7. The molecular formula is C27H53O10P. The van der Waals surface area contributed by atoms with Gasteiger partial charge in [0.25, 0.3) is 0 Å². The van der Waals surface area contributed by atoms with Gasteiger partial charge in [-0.2, -0.15) is 0 Å². The summed E-state index contributed by atoms with van der Waals surface area (Å²) in [6.45, 7) is 2.05. The molecule has 0 aromatic rings. The van der Waals surface area contributed by atoms with Crippen LogP contribution in [0.1, 0.15) is 123 Å². The number of esters is 2. The van der Waals surface area contributed by atoms with Crippen LogP contribution in [0, 0.1) is 0 Å². The Balaban J connectivity index is 4.17. The molecule has 0 rings (SSSR count). The van der Waals surface area contributed by atoms with Crippen molar-refractivity contribution in [3.05, 3.63) is 0 Å². The lowest BCUT2D eigenvalue weighted by atomic mass is 10.0. The van der Waals surface area contributed by atoms with Crippen molar-refractivity contribution in [3.63, 3.8) is 0 Å². The van der Waals surface area contributed by atoms with Gasteiger partial charge in [0.05, 0.1) is 19.8 Å². The van der Waals surface area contributed by atoms with Gasteiger partial charge in [0.15, 0.2) is 6.10 Å². The molecule has 0 aliphatic rings. The molecule has 0 bridgehead atoms. The number of carbonyl (C=O) groups excluding carboxylic acids is 2. The van der Waals surface area contributed by atoms with Crippen molar-refractivity contribution in [2.24, 2.45) is 0 Å². The van der Waals surface area contributed by atoms with Gasteiger partial charge in [0.2, 0.25) is 0 Å². The van der Waals surface area contributed by atoms with E-state index >= 15 is 0 Å². The van der Waals surface area contributed by atoms with E-state index in [1.807, 2.05) is 6.92 Å². The molecule has 1 unspecified atom stereocenters. The first-order valence-corrected chi connectivity index (χ1v) is 16.0. The first-order valence-electron chi connectivity index (χ1n) is 14.5. The highest BCUT2D eigenvalue weighted by molar-refractivity contribution is 7.47. The minimum absolute atomic E-state index is 0.163. The van der Waals surface area contributed by atoms with E-state index in [0.29, 0.717) is 12.8 Å². The number of phosphoric acid groups is 1. The fraction of sp³-hybridized carbons (Fsp3) is 0.926. The van der Waals surface area contributed by atoms with Gasteiger partial charge in [-0.05, 0) is 12.8 Å². The summed E-state index contributed by atoms with van der Waals surface area (Å²) in [5.41, 5.74) is 0. The Morgan fingerprint density at radius 1 is 0.684 bits per heavy atom. The molecule has 3 N–H and O–H groups in total. The number of hydrogen-bond acceptors (Lipinski definition) is 9. The third-order valence-electron chi connectivity index (χ3n) is 6.01. The molecule has 0 aliphatic carbocycles. The number of phosphoric ester groups is 1. The number of hydrogen-bond donors (Lipinski definition) is 3. The van der Waals surface area contributed by atoms with Crippen molar-refractivity contribution in [2.45, 2.75) is 135 Å². The van der Waals surface area contributed by atoms with Crippen molar-refractivity contribution in [1.82, 2.24) is 0 Å². The van der Waals surface area contributed by atoms with Crippen LogP contribution in [0.15, 0.2) is 0 Å². The molecule has 0 fully saturated rings. The largest absolute Gasteiger partial charge is 0.472 e. The van der Waals surface area contributed by atoms with E-state index in [-0.39, 0.29) is 19.4 Å². The Kier molecular flexibility index (Phi) is 24.3. The normalized spacial score (nSPS) is 14.6. The maximum Gasteiger partial charge on any atom is 0.472 e. The first-order chi connectivity index (χ1) is 18.2. The summed E-state index contributed by atoms with van der Waals surface area (Å²) in [5, 5.41) is 18.0. The first kappa shape index (κ1) is 37.0. The average molecular weight is 569 g/mol. The zero-order chi connectivity index (χ0) is 28.5. The third-order valence-corrected chi connectivity index (χ3v) is 6.96. The Bertz CT molecular complexity index is 631. The number of unbranched alkanes of at least 4 members (excludes halogenated alkanes) is 13. The van der Waals surface area contributed by atoms with Crippen LogP contribution in [-0.4, -0.2) is 65.7 Å². The average Bonchev–Trinajstić information content (AvgIpc) is 2.90. The van der Waals surface area contributed by atoms with E-state index in [0.717, 1.165) is 25.7 Å². The second kappa shape index (κ2) is 25.0. The molecular weight excluding hydrogens is 515 g/mol. The smallest absolute Gasteiger partial charge is 0.462 e. The number of carbonyl (C=O) groups is 2. The molecule has 0 aromatic heterocycles. The quantitative estimate of drug-likeness (QED) is 0.0649. The highest BCUT2D eigenvalue weighted by Crippen LogP contribution is 2.43. The van der Waals surface area contributed by atoms with Crippen LogP contribution in [0.25, 0.3) is 0 Å². The van der Waals surface area contributed by atoms with E-state index in [1.165, 1.54) is 57.8 Å². The second-order valence-corrected chi connectivity index (χ2v) is 11.2. The van der Waals surface area contributed by atoms with Crippen LogP contribution in [0.4, 0.5) is 0 Å². The molecule has 0 aromatic carbocycles. The van der Waals surface area contributed by atoms with Crippen molar-refractivity contribution in [1.29, 1.82) is 0 Å². The third kappa shape index (κ3) is 24.0. The summed E-state index contributed by atoms with van der Waals surface area (Å²) in [4.78, 5) is 33.9. The van der Waals surface area contributed by atoms with Gasteiger partial charge >= 0.3 is 19.8 Å². The lowest BCUT2D eigenvalue weighted by Crippen LogP contribution is -2.29. The van der Waals surface area contributed by atoms with Crippen molar-refractivity contribution < 1.29 is 47.8 Å². The Morgan fingerprint density at radius 3 is 1.68 bits per heavy atom. The fourth-order valence-electron chi connectivity index (χ4n) is 3.67. The minimum atomic E-state index is -4.57. The Morgan fingerprint density at radius 2 is 1.16 bits per heavy atom. The van der Waals surface area contributed by atoms with E-state index < -0.39 is 51.8 Å². The zero-order valence-corrected chi connectivity index (χ0v) is 24.5. The molecule has 3 atom stereocenters. The predicted molar refractivity (Wildman–Crippen MR) is 145 cm³/mol. The monoisotopic (exact) mass is 568 g/mol. The van der Waals surface area contributed by atoms with Crippen molar-refractivity contribution in [3.8, 4) is 0 Å². The molecule has 0 saturated heterocycles. The van der Waals surface area contributed by atoms with Crippen molar-refractivity contribution in [2.75, 3.05) is 26.4 Å². The highest BCUT2D eigenvalue weighted by Gasteiger charge is 2.27. The summed E-state index contributed by atoms with van der Waals surface area (Å²) in [6.07, 6.45) is 15.1. The lowest BCUT2D eigenvalue weighted by Gasteiger charge is -2.20. The van der Waals surface area contributed by atoms with Crippen LogP contribution < -0.4 is 0 Å². The maximum absolute atomic E-state index is 12.1. The van der Waals surface area contributed by atoms with Crippen molar-refractivity contribution >= 4 is 19.8 Å². The second-order valence-electron chi connectivity index (χ2n) is 9.79. The Labute approximate surface area is 229 Å². The number of aliphatic hydroxyl groups is 2. The molecule has 0 saturated carbocycles. The summed E-state index contributed by atoms with van der Waals surface area (Å²) < 4.78 is 31.8. The molecule has 0 spiro atoms. The molecule has 11 heteroatoms. The van der Waals surface area contributed by atoms with Gasteiger partial charge in [0.1, 0.15) is 12.7 Å². The number of rotatable bonds is 27. The molecule has 0 aliphatic heterocycles. The van der Waals surface area contributed by atoms with Gasteiger partial charge in [-0.15, -0.1) is 0 Å². The highest BCUT2D eigenvalue weighted by atomic mass is 31.2. The predicted octanol–water partition coefficient (Wildman–Crippen LogP) is 5.60. The SMILES string of the molecule is CCCCCCCCCCCCCCCC(=O)OC[C@H](COP(=O)(O)OC[C@@H](O)CO)OC(=O)CCCC. The van der Waals surface area contributed by atoms with E-state index in [9.17, 15) is 24.2 Å². The fourth-order valence-corrected chi connectivity index (χ4v) is 4.46. The van der Waals surface area contributed by atoms with Crippen LogP contribution in [0.2, 0.25) is 0 Å². The van der Waals surface area contributed by atoms with E-state index in [4.69, 9.17) is 19.1 Å². The van der Waals surface area contributed by atoms with Gasteiger partial charge in [0, 0.05) is 12.8 Å². The summed E-state index contributed by atoms with van der Waals surface area (Å²) in [7, 11) is -4.57. The van der Waals surface area contributed by atoms with Crippen LogP contribution in [0.3, 0.4) is 0 Å². The molecule has 0 heterocycles. The molecule has 226 valence electrons. The van der Waals surface area contributed by atoms with Crippen LogP contribution in [-0.2, 0) is 32.7 Å². The summed E-state index contributed by atoms with van der Waals surface area (Å²) >= 11 is 0. The molecule has 0 radical (unpaired) electrons.